The molecule has 9 heteroatoms. The van der Waals surface area contributed by atoms with E-state index in [4.69, 9.17) is 0 Å². The number of benzene rings is 2. The second kappa shape index (κ2) is 6.62. The van der Waals surface area contributed by atoms with Crippen molar-refractivity contribution in [3.05, 3.63) is 59.4 Å². The van der Waals surface area contributed by atoms with Crippen molar-refractivity contribution in [2.75, 3.05) is 5.75 Å². The summed E-state index contributed by atoms with van der Waals surface area (Å²) in [5.74, 6) is -0.00993. The van der Waals surface area contributed by atoms with Crippen LogP contribution in [0, 0.1) is 5.82 Å². The van der Waals surface area contributed by atoms with Crippen LogP contribution >= 0.6 is 11.8 Å². The van der Waals surface area contributed by atoms with E-state index in [2.05, 4.69) is 4.72 Å². The summed E-state index contributed by atoms with van der Waals surface area (Å²) < 4.78 is 80.6. The van der Waals surface area contributed by atoms with Gasteiger partial charge in [-0.05, 0) is 35.9 Å². The van der Waals surface area contributed by atoms with Gasteiger partial charge in [-0.2, -0.15) is 13.2 Å². The molecular formula is C16H13F4NO2S2. The van der Waals surface area contributed by atoms with Crippen molar-refractivity contribution < 1.29 is 26.0 Å². The van der Waals surface area contributed by atoms with E-state index in [1.807, 2.05) is 0 Å². The predicted octanol–water partition coefficient (Wildman–Crippen LogP) is 4.36. The van der Waals surface area contributed by atoms with Gasteiger partial charge in [-0.3, -0.25) is 0 Å². The molecule has 0 amide bonds. The van der Waals surface area contributed by atoms with E-state index >= 15 is 0 Å². The van der Waals surface area contributed by atoms with Crippen LogP contribution < -0.4 is 4.72 Å². The Hall–Kier alpha value is -1.58. The average Bonchev–Trinajstić information content (AvgIpc) is 2.55. The monoisotopic (exact) mass is 391 g/mol. The number of sulfonamides is 1. The van der Waals surface area contributed by atoms with Crippen molar-refractivity contribution in [1.29, 1.82) is 0 Å². The minimum absolute atomic E-state index is 0.325. The summed E-state index contributed by atoms with van der Waals surface area (Å²) >= 11 is 1.26. The first-order valence-electron chi connectivity index (χ1n) is 7.30. The zero-order valence-electron chi connectivity index (χ0n) is 12.7. The number of nitrogens with one attached hydrogen (secondary N) is 1. The molecule has 0 saturated carbocycles. The lowest BCUT2D eigenvalue weighted by Crippen LogP contribution is -2.32. The first kappa shape index (κ1) is 18.2. The van der Waals surface area contributed by atoms with Crippen LogP contribution in [0.3, 0.4) is 0 Å². The topological polar surface area (TPSA) is 46.2 Å². The van der Waals surface area contributed by atoms with E-state index in [1.165, 1.54) is 30.0 Å². The first-order chi connectivity index (χ1) is 11.7. The molecule has 3 rings (SSSR count). The molecule has 0 bridgehead atoms. The fraction of sp³-hybridized carbons (Fsp3) is 0.250. The molecule has 0 unspecified atom stereocenters. The standard InChI is InChI=1S/C16H13F4NO2S2/c17-12-6-3-4-10-13(8-9-24-15(10)12)21-25(22,23)14-7-2-1-5-11(14)16(18,19)20/h1-7,13,21H,8-9H2/t13-/m1/s1. The Labute approximate surface area is 146 Å². The Morgan fingerprint density at radius 1 is 1.08 bits per heavy atom. The van der Waals surface area contributed by atoms with Gasteiger partial charge in [-0.25, -0.2) is 17.5 Å². The summed E-state index contributed by atoms with van der Waals surface area (Å²) in [6, 6.07) is 7.50. The summed E-state index contributed by atoms with van der Waals surface area (Å²) in [6.45, 7) is 0. The predicted molar refractivity (Wildman–Crippen MR) is 86.2 cm³/mol. The van der Waals surface area contributed by atoms with E-state index in [0.29, 0.717) is 22.6 Å². The third-order valence-corrected chi connectivity index (χ3v) is 6.49. The molecule has 0 fully saturated rings. The van der Waals surface area contributed by atoms with Gasteiger partial charge >= 0.3 is 6.18 Å². The van der Waals surface area contributed by atoms with Crippen LogP contribution in [0.15, 0.2) is 52.3 Å². The van der Waals surface area contributed by atoms with Crippen molar-refractivity contribution >= 4 is 21.8 Å². The van der Waals surface area contributed by atoms with Crippen molar-refractivity contribution in [2.45, 2.75) is 28.4 Å². The molecule has 0 radical (unpaired) electrons. The zero-order valence-corrected chi connectivity index (χ0v) is 14.3. The highest BCUT2D eigenvalue weighted by molar-refractivity contribution is 7.99. The molecule has 2 aromatic rings. The highest BCUT2D eigenvalue weighted by Crippen LogP contribution is 2.39. The number of rotatable bonds is 3. The van der Waals surface area contributed by atoms with Gasteiger partial charge in [-0.1, -0.05) is 24.3 Å². The summed E-state index contributed by atoms with van der Waals surface area (Å²) in [7, 11) is -4.43. The zero-order chi connectivity index (χ0) is 18.2. The van der Waals surface area contributed by atoms with E-state index < -0.39 is 38.5 Å². The van der Waals surface area contributed by atoms with Crippen LogP contribution in [0.2, 0.25) is 0 Å². The van der Waals surface area contributed by atoms with E-state index in [9.17, 15) is 26.0 Å². The quantitative estimate of drug-likeness (QED) is 0.791. The van der Waals surface area contributed by atoms with Crippen LogP contribution in [-0.4, -0.2) is 14.2 Å². The first-order valence-corrected chi connectivity index (χ1v) is 9.77. The lowest BCUT2D eigenvalue weighted by molar-refractivity contribution is -0.139. The van der Waals surface area contributed by atoms with Crippen LogP contribution in [0.25, 0.3) is 0 Å². The molecule has 1 N–H and O–H groups in total. The molecular weight excluding hydrogens is 378 g/mol. The van der Waals surface area contributed by atoms with Gasteiger partial charge in [-0.15, -0.1) is 11.8 Å². The van der Waals surface area contributed by atoms with E-state index in [1.54, 1.807) is 6.07 Å². The van der Waals surface area contributed by atoms with Crippen LogP contribution in [-0.2, 0) is 16.2 Å². The van der Waals surface area contributed by atoms with Gasteiger partial charge in [0.1, 0.15) is 5.82 Å². The summed E-state index contributed by atoms with van der Waals surface area (Å²) in [5.41, 5.74) is -0.795. The maximum absolute atomic E-state index is 13.9. The number of halogens is 4. The molecule has 0 saturated heterocycles. The normalized spacial score (nSPS) is 18.0. The minimum Gasteiger partial charge on any atom is -0.207 e. The van der Waals surface area contributed by atoms with Gasteiger partial charge in [0.05, 0.1) is 10.5 Å². The van der Waals surface area contributed by atoms with Crippen molar-refractivity contribution in [3.63, 3.8) is 0 Å². The highest BCUT2D eigenvalue weighted by atomic mass is 32.2. The Morgan fingerprint density at radius 2 is 1.80 bits per heavy atom. The molecule has 0 aromatic heterocycles. The maximum atomic E-state index is 13.9. The molecule has 1 aliphatic heterocycles. The maximum Gasteiger partial charge on any atom is 0.417 e. The second-order valence-electron chi connectivity index (χ2n) is 5.46. The summed E-state index contributed by atoms with van der Waals surface area (Å²) in [4.78, 5) is -0.510. The number of hydrogen-bond acceptors (Lipinski definition) is 3. The lowest BCUT2D eigenvalue weighted by Gasteiger charge is -2.26. The largest absolute Gasteiger partial charge is 0.417 e. The molecule has 2 aromatic carbocycles. The summed E-state index contributed by atoms with van der Waals surface area (Å²) in [6.07, 6.45) is -4.44. The minimum atomic E-state index is -4.79. The number of fused-ring (bicyclic) bond motifs is 1. The van der Waals surface area contributed by atoms with Crippen LogP contribution in [0.5, 0.6) is 0 Å². The van der Waals surface area contributed by atoms with Gasteiger partial charge in [0.2, 0.25) is 10.0 Å². The van der Waals surface area contributed by atoms with Crippen molar-refractivity contribution in [2.24, 2.45) is 0 Å². The van der Waals surface area contributed by atoms with Crippen molar-refractivity contribution in [1.82, 2.24) is 4.72 Å². The average molecular weight is 391 g/mol. The fourth-order valence-electron chi connectivity index (χ4n) is 2.69. The molecule has 0 spiro atoms. The molecule has 25 heavy (non-hydrogen) atoms. The van der Waals surface area contributed by atoms with Crippen molar-refractivity contribution in [3.8, 4) is 0 Å². The second-order valence-corrected chi connectivity index (χ2v) is 8.25. The molecule has 134 valence electrons. The molecule has 1 atom stereocenters. The lowest BCUT2D eigenvalue weighted by atomic mass is 10.0. The Balaban J connectivity index is 1.99. The van der Waals surface area contributed by atoms with E-state index in [-0.39, 0.29) is 0 Å². The van der Waals surface area contributed by atoms with E-state index in [0.717, 1.165) is 18.2 Å². The van der Waals surface area contributed by atoms with Gasteiger partial charge < -0.3 is 0 Å². The molecule has 1 aliphatic rings. The Kier molecular flexibility index (Phi) is 4.82. The Morgan fingerprint density at radius 3 is 2.52 bits per heavy atom. The molecule has 0 aliphatic carbocycles. The van der Waals surface area contributed by atoms with Gasteiger partial charge in [0, 0.05) is 10.9 Å². The van der Waals surface area contributed by atoms with Crippen LogP contribution in [0.1, 0.15) is 23.6 Å². The SMILES string of the molecule is O=S(=O)(N[C@@H]1CCSc2c(F)cccc21)c1ccccc1C(F)(F)F. The third kappa shape index (κ3) is 3.68. The van der Waals surface area contributed by atoms with Gasteiger partial charge in [0.25, 0.3) is 0 Å². The smallest absolute Gasteiger partial charge is 0.207 e. The number of thioether (sulfide) groups is 1. The number of hydrogen-bond donors (Lipinski definition) is 1. The molecule has 1 heterocycles. The third-order valence-electron chi connectivity index (χ3n) is 3.81. The van der Waals surface area contributed by atoms with Crippen LogP contribution in [0.4, 0.5) is 17.6 Å². The summed E-state index contributed by atoms with van der Waals surface area (Å²) in [5, 5.41) is 0. The highest BCUT2D eigenvalue weighted by Gasteiger charge is 2.38. The fourth-order valence-corrected chi connectivity index (χ4v) is 5.31. The van der Waals surface area contributed by atoms with Gasteiger partial charge in [0.15, 0.2) is 0 Å². The molecule has 3 nitrogen and oxygen atoms in total. The number of alkyl halides is 3. The Bertz CT molecular complexity index is 897.